The van der Waals surface area contributed by atoms with Crippen LogP contribution in [-0.2, 0) is 14.3 Å². The molecule has 0 spiro atoms. The topological polar surface area (TPSA) is 55.7 Å². The Kier molecular flexibility index (Phi) is 6.19. The highest BCUT2D eigenvalue weighted by atomic mass is 35.5. The van der Waals surface area contributed by atoms with Crippen LogP contribution in [0.15, 0.2) is 4.99 Å². The molecule has 0 aromatic rings. The number of hydrogen-bond acceptors (Lipinski definition) is 4. The lowest BCUT2D eigenvalue weighted by Crippen LogP contribution is -2.23. The molecule has 96 valence electrons. The smallest absolute Gasteiger partial charge is 0.327 e. The lowest BCUT2D eigenvalue weighted by molar-refractivity contribution is -0.141. The molecule has 1 saturated carbocycles. The minimum absolute atomic E-state index is 0.0119. The average Bonchev–Trinajstić information content (AvgIpc) is 2.36. The van der Waals surface area contributed by atoms with Crippen molar-refractivity contribution in [2.75, 3.05) is 13.2 Å². The van der Waals surface area contributed by atoms with Gasteiger partial charge in [-0.15, -0.1) is 0 Å². The Morgan fingerprint density at radius 2 is 1.94 bits per heavy atom. The van der Waals surface area contributed by atoms with Crippen LogP contribution in [0, 0.1) is 5.92 Å². The van der Waals surface area contributed by atoms with E-state index in [0.29, 0.717) is 6.61 Å². The van der Waals surface area contributed by atoms with E-state index in [9.17, 15) is 9.59 Å². The van der Waals surface area contributed by atoms with E-state index in [4.69, 9.17) is 16.3 Å². The molecular formula is C12H18ClNO3. The van der Waals surface area contributed by atoms with E-state index in [1.807, 2.05) is 0 Å². The van der Waals surface area contributed by atoms with Crippen molar-refractivity contribution >= 4 is 28.5 Å². The summed E-state index contributed by atoms with van der Waals surface area (Å²) in [6.07, 6.45) is 5.08. The summed E-state index contributed by atoms with van der Waals surface area (Å²) in [7, 11) is 0. The number of nitrogens with zero attached hydrogens (tertiary/aromatic N) is 1. The van der Waals surface area contributed by atoms with Crippen molar-refractivity contribution < 1.29 is 14.3 Å². The number of carbonyl (C=O) groups is 2. The summed E-state index contributed by atoms with van der Waals surface area (Å²) in [5.74, 6) is -0.597. The van der Waals surface area contributed by atoms with E-state index < -0.39 is 5.97 Å². The van der Waals surface area contributed by atoms with Crippen molar-refractivity contribution in [3.63, 3.8) is 0 Å². The number of ketones is 1. The molecule has 0 heterocycles. The van der Waals surface area contributed by atoms with Crippen LogP contribution in [0.25, 0.3) is 0 Å². The molecule has 0 unspecified atom stereocenters. The number of hydrogen-bond donors (Lipinski definition) is 0. The van der Waals surface area contributed by atoms with Crippen LogP contribution >= 0.6 is 11.6 Å². The maximum absolute atomic E-state index is 11.9. The van der Waals surface area contributed by atoms with Crippen molar-refractivity contribution in [3.05, 3.63) is 0 Å². The highest BCUT2D eigenvalue weighted by molar-refractivity contribution is 6.83. The van der Waals surface area contributed by atoms with Gasteiger partial charge in [-0.25, -0.2) is 0 Å². The lowest BCUT2D eigenvalue weighted by Gasteiger charge is -2.19. The van der Waals surface area contributed by atoms with Gasteiger partial charge in [-0.3, -0.25) is 14.6 Å². The molecular weight excluding hydrogens is 242 g/mol. The quantitative estimate of drug-likeness (QED) is 0.562. The van der Waals surface area contributed by atoms with Crippen LogP contribution in [0.1, 0.15) is 39.0 Å². The van der Waals surface area contributed by atoms with Gasteiger partial charge < -0.3 is 4.74 Å². The molecule has 0 aromatic heterocycles. The maximum Gasteiger partial charge on any atom is 0.327 e. The van der Waals surface area contributed by atoms with Gasteiger partial charge >= 0.3 is 5.97 Å². The van der Waals surface area contributed by atoms with Gasteiger partial charge in [0.05, 0.1) is 6.61 Å². The molecule has 0 amide bonds. The van der Waals surface area contributed by atoms with Gasteiger partial charge in [-0.05, 0) is 19.8 Å². The zero-order chi connectivity index (χ0) is 12.7. The molecule has 0 radical (unpaired) electrons. The van der Waals surface area contributed by atoms with Crippen LogP contribution < -0.4 is 0 Å². The largest absolute Gasteiger partial charge is 0.465 e. The number of esters is 1. The van der Waals surface area contributed by atoms with Gasteiger partial charge in [0.1, 0.15) is 6.54 Å². The third-order valence-electron chi connectivity index (χ3n) is 2.83. The molecule has 0 atom stereocenters. The standard InChI is InChI=1S/C12H18ClNO3/c1-2-17-10(15)8-14-12(13)11(16)9-6-4-3-5-7-9/h9H,2-8H2,1H3. The van der Waals surface area contributed by atoms with Gasteiger partial charge in [-0.2, -0.15) is 0 Å². The van der Waals surface area contributed by atoms with Crippen LogP contribution in [-0.4, -0.2) is 30.1 Å². The van der Waals surface area contributed by atoms with Crippen molar-refractivity contribution in [2.24, 2.45) is 10.9 Å². The molecule has 1 aliphatic carbocycles. The molecule has 0 bridgehead atoms. The number of aliphatic imine (C=N–C) groups is 1. The highest BCUT2D eigenvalue weighted by Crippen LogP contribution is 2.25. The van der Waals surface area contributed by atoms with Crippen LogP contribution in [0.4, 0.5) is 0 Å². The summed E-state index contributed by atoms with van der Waals surface area (Å²) in [6.45, 7) is 1.85. The first-order valence-corrected chi connectivity index (χ1v) is 6.42. The molecule has 0 saturated heterocycles. The first kappa shape index (κ1) is 14.2. The monoisotopic (exact) mass is 259 g/mol. The molecule has 17 heavy (non-hydrogen) atoms. The second-order valence-electron chi connectivity index (χ2n) is 4.11. The average molecular weight is 260 g/mol. The molecule has 4 nitrogen and oxygen atoms in total. The Morgan fingerprint density at radius 1 is 1.29 bits per heavy atom. The van der Waals surface area contributed by atoms with Gasteiger partial charge in [0.15, 0.2) is 11.0 Å². The van der Waals surface area contributed by atoms with E-state index in [2.05, 4.69) is 4.99 Å². The summed E-state index contributed by atoms with van der Waals surface area (Å²) in [6, 6.07) is 0. The lowest BCUT2D eigenvalue weighted by atomic mass is 9.86. The first-order valence-electron chi connectivity index (χ1n) is 6.05. The molecule has 0 N–H and O–H groups in total. The van der Waals surface area contributed by atoms with Gasteiger partial charge in [-0.1, -0.05) is 30.9 Å². The second-order valence-corrected chi connectivity index (χ2v) is 4.47. The minimum atomic E-state index is -0.456. The molecule has 1 aliphatic rings. The summed E-state index contributed by atoms with van der Waals surface area (Å²) in [4.78, 5) is 26.7. The van der Waals surface area contributed by atoms with Crippen molar-refractivity contribution in [3.8, 4) is 0 Å². The summed E-state index contributed by atoms with van der Waals surface area (Å²) >= 11 is 5.80. The Morgan fingerprint density at radius 3 is 2.53 bits per heavy atom. The second kappa shape index (κ2) is 7.43. The Bertz CT molecular complexity index is 309. The third kappa shape index (κ3) is 4.86. The predicted molar refractivity (Wildman–Crippen MR) is 66.4 cm³/mol. The minimum Gasteiger partial charge on any atom is -0.465 e. The van der Waals surface area contributed by atoms with Crippen molar-refractivity contribution in [2.45, 2.75) is 39.0 Å². The number of halogens is 1. The maximum atomic E-state index is 11.9. The van der Waals surface area contributed by atoms with Gasteiger partial charge in [0, 0.05) is 5.92 Å². The van der Waals surface area contributed by atoms with E-state index in [0.717, 1.165) is 25.7 Å². The van der Waals surface area contributed by atoms with Gasteiger partial charge in [0.2, 0.25) is 0 Å². The summed E-state index contributed by atoms with van der Waals surface area (Å²) in [5.41, 5.74) is 0. The number of ether oxygens (including phenoxy) is 1. The normalized spacial score (nSPS) is 17.9. The Labute approximate surface area is 106 Å². The fourth-order valence-corrected chi connectivity index (χ4v) is 2.17. The van der Waals surface area contributed by atoms with Crippen LogP contribution in [0.5, 0.6) is 0 Å². The number of carbonyl (C=O) groups excluding carboxylic acids is 2. The zero-order valence-corrected chi connectivity index (χ0v) is 10.8. The fraction of sp³-hybridized carbons (Fsp3) is 0.750. The van der Waals surface area contributed by atoms with E-state index in [1.165, 1.54) is 6.42 Å². The van der Waals surface area contributed by atoms with E-state index >= 15 is 0 Å². The number of rotatable bonds is 5. The molecule has 0 aromatic carbocycles. The van der Waals surface area contributed by atoms with Crippen molar-refractivity contribution in [1.29, 1.82) is 0 Å². The van der Waals surface area contributed by atoms with Gasteiger partial charge in [0.25, 0.3) is 0 Å². The third-order valence-corrected chi connectivity index (χ3v) is 3.14. The molecule has 0 aliphatic heterocycles. The van der Waals surface area contributed by atoms with E-state index in [1.54, 1.807) is 6.92 Å². The first-order chi connectivity index (χ1) is 8.15. The summed E-state index contributed by atoms with van der Waals surface area (Å²) < 4.78 is 4.70. The predicted octanol–water partition coefficient (Wildman–Crippen LogP) is 2.34. The van der Waals surface area contributed by atoms with Crippen LogP contribution in [0.3, 0.4) is 0 Å². The molecule has 1 fully saturated rings. The number of Topliss-reactive ketones (excluding diaryl/α,β-unsaturated/α-hetero) is 1. The van der Waals surface area contributed by atoms with Crippen LogP contribution in [0.2, 0.25) is 0 Å². The highest BCUT2D eigenvalue weighted by Gasteiger charge is 2.24. The Hall–Kier alpha value is -0.900. The zero-order valence-electron chi connectivity index (χ0n) is 10.1. The SMILES string of the molecule is CCOC(=O)CN=C(Cl)C(=O)C1CCCCC1. The van der Waals surface area contributed by atoms with Crippen molar-refractivity contribution in [1.82, 2.24) is 0 Å². The molecule has 5 heteroatoms. The van der Waals surface area contributed by atoms with E-state index in [-0.39, 0.29) is 23.4 Å². The fourth-order valence-electron chi connectivity index (χ4n) is 1.95. The molecule has 1 rings (SSSR count). The Balaban J connectivity index is 2.44. The summed E-state index contributed by atoms with van der Waals surface area (Å²) in [5, 5.41) is -0.0649.